The topological polar surface area (TPSA) is 98.2 Å². The molecule has 1 amide bonds. The van der Waals surface area contributed by atoms with Gasteiger partial charge in [0.1, 0.15) is 17.3 Å². The summed E-state index contributed by atoms with van der Waals surface area (Å²) in [4.78, 5) is 30.2. The first-order chi connectivity index (χ1) is 14.2. The van der Waals surface area contributed by atoms with E-state index < -0.39 is 4.92 Å². The van der Waals surface area contributed by atoms with Gasteiger partial charge in [-0.15, -0.1) is 0 Å². The maximum Gasteiger partial charge on any atom is 0.270 e. The third-order valence-electron chi connectivity index (χ3n) is 4.28. The van der Waals surface area contributed by atoms with Crippen LogP contribution in [0.4, 0.5) is 5.69 Å². The fraction of sp³-hybridized carbons (Fsp3) is 0.333. The Balaban J connectivity index is 1.96. The number of methoxy groups -OCH3 is 1. The number of nitro benzene ring substituents is 1. The van der Waals surface area contributed by atoms with E-state index in [0.29, 0.717) is 32.9 Å². The largest absolute Gasteiger partial charge is 0.496 e. The molecule has 1 aromatic carbocycles. The molecule has 0 aliphatic carbocycles. The lowest BCUT2D eigenvalue weighted by Gasteiger charge is -2.20. The van der Waals surface area contributed by atoms with Gasteiger partial charge in [-0.3, -0.25) is 24.8 Å². The highest BCUT2D eigenvalue weighted by Gasteiger charge is 2.35. The number of carbonyl (C=O) groups excluding carboxylic acids is 1. The average molecular weight is 429 g/mol. The quantitative estimate of drug-likeness (QED) is 0.366. The standard InChI is InChI=1S/C21H23N3O5S/c1-12(2)22-21-23(13(3)4)20(25)19(30-21)11-15-7-9-18(29-15)16-10-14(24(26)27)6-8-17(16)28-5/h6-13H,1-5H3/b19-11+,22-21?. The summed E-state index contributed by atoms with van der Waals surface area (Å²) in [6.07, 6.45) is 1.67. The molecule has 0 radical (unpaired) electrons. The zero-order valence-corrected chi connectivity index (χ0v) is 18.2. The van der Waals surface area contributed by atoms with Crippen LogP contribution in [0.2, 0.25) is 0 Å². The molecule has 0 saturated carbocycles. The Hall–Kier alpha value is -3.07. The third kappa shape index (κ3) is 4.40. The van der Waals surface area contributed by atoms with Crippen LogP contribution in [-0.2, 0) is 4.79 Å². The van der Waals surface area contributed by atoms with Crippen molar-refractivity contribution in [3.63, 3.8) is 0 Å². The van der Waals surface area contributed by atoms with Crippen LogP contribution in [0.15, 0.2) is 44.6 Å². The molecule has 0 bridgehead atoms. The molecule has 30 heavy (non-hydrogen) atoms. The maximum absolute atomic E-state index is 12.9. The number of non-ortho nitro benzene ring substituents is 1. The number of thioether (sulfide) groups is 1. The van der Waals surface area contributed by atoms with Crippen molar-refractivity contribution in [2.24, 2.45) is 4.99 Å². The highest BCUT2D eigenvalue weighted by Crippen LogP contribution is 2.37. The molecule has 1 aromatic heterocycles. The minimum absolute atomic E-state index is 0.0188. The average Bonchev–Trinajstić information content (AvgIpc) is 3.25. The Morgan fingerprint density at radius 1 is 1.23 bits per heavy atom. The number of carbonyl (C=O) groups is 1. The first kappa shape index (κ1) is 21.6. The first-order valence-corrected chi connectivity index (χ1v) is 10.3. The van der Waals surface area contributed by atoms with Crippen molar-refractivity contribution < 1.29 is 18.9 Å². The number of nitro groups is 1. The summed E-state index contributed by atoms with van der Waals surface area (Å²) in [6.45, 7) is 7.81. The molecule has 158 valence electrons. The molecule has 1 aliphatic rings. The number of rotatable bonds is 6. The van der Waals surface area contributed by atoms with Crippen LogP contribution in [0, 0.1) is 10.1 Å². The van der Waals surface area contributed by atoms with E-state index in [1.807, 2.05) is 27.7 Å². The molecule has 8 nitrogen and oxygen atoms in total. The molecule has 0 atom stereocenters. The number of benzene rings is 1. The van der Waals surface area contributed by atoms with Crippen LogP contribution >= 0.6 is 11.8 Å². The highest BCUT2D eigenvalue weighted by atomic mass is 32.2. The van der Waals surface area contributed by atoms with Crippen molar-refractivity contribution in [3.05, 3.63) is 51.1 Å². The van der Waals surface area contributed by atoms with E-state index in [2.05, 4.69) is 4.99 Å². The number of hydrogen-bond acceptors (Lipinski definition) is 7. The summed E-state index contributed by atoms with van der Waals surface area (Å²) in [5.41, 5.74) is 0.401. The zero-order valence-electron chi connectivity index (χ0n) is 17.4. The third-order valence-corrected chi connectivity index (χ3v) is 5.28. The second-order valence-corrected chi connectivity index (χ2v) is 8.24. The van der Waals surface area contributed by atoms with Gasteiger partial charge < -0.3 is 9.15 Å². The summed E-state index contributed by atoms with van der Waals surface area (Å²) in [6, 6.07) is 7.76. The lowest BCUT2D eigenvalue weighted by molar-refractivity contribution is -0.384. The number of furan rings is 1. The minimum atomic E-state index is -0.474. The maximum atomic E-state index is 12.9. The summed E-state index contributed by atoms with van der Waals surface area (Å²) >= 11 is 1.31. The van der Waals surface area contributed by atoms with Gasteiger partial charge in [0.2, 0.25) is 0 Å². The number of amidine groups is 1. The van der Waals surface area contributed by atoms with Gasteiger partial charge in [-0.1, -0.05) is 0 Å². The molecule has 1 aliphatic heterocycles. The van der Waals surface area contributed by atoms with Crippen LogP contribution in [0.1, 0.15) is 33.5 Å². The first-order valence-electron chi connectivity index (χ1n) is 9.44. The van der Waals surface area contributed by atoms with Crippen LogP contribution < -0.4 is 4.74 Å². The molecular weight excluding hydrogens is 406 g/mol. The van der Waals surface area contributed by atoms with Crippen molar-refractivity contribution in [2.45, 2.75) is 39.8 Å². The monoisotopic (exact) mass is 429 g/mol. The lowest BCUT2D eigenvalue weighted by Crippen LogP contribution is -2.35. The number of amides is 1. The van der Waals surface area contributed by atoms with Crippen LogP contribution in [-0.4, -0.2) is 40.1 Å². The van der Waals surface area contributed by atoms with Gasteiger partial charge in [-0.2, -0.15) is 0 Å². The van der Waals surface area contributed by atoms with E-state index in [9.17, 15) is 14.9 Å². The number of hydrogen-bond donors (Lipinski definition) is 0. The zero-order chi connectivity index (χ0) is 22.0. The Morgan fingerprint density at radius 3 is 2.57 bits per heavy atom. The number of aliphatic imine (C=N–C) groups is 1. The Bertz CT molecular complexity index is 1040. The van der Waals surface area contributed by atoms with E-state index in [-0.39, 0.29) is 23.7 Å². The van der Waals surface area contributed by atoms with E-state index in [0.717, 1.165) is 0 Å². The molecule has 0 unspecified atom stereocenters. The second kappa shape index (κ2) is 8.74. The van der Waals surface area contributed by atoms with Gasteiger partial charge in [0, 0.05) is 30.3 Å². The molecule has 2 aromatic rings. The number of nitrogens with zero attached hydrogens (tertiary/aromatic N) is 3. The van der Waals surface area contributed by atoms with Crippen molar-refractivity contribution in [1.29, 1.82) is 0 Å². The van der Waals surface area contributed by atoms with E-state index in [4.69, 9.17) is 9.15 Å². The fourth-order valence-corrected chi connectivity index (χ4v) is 4.17. The van der Waals surface area contributed by atoms with Gasteiger partial charge in [-0.25, -0.2) is 0 Å². The summed E-state index contributed by atoms with van der Waals surface area (Å²) in [5, 5.41) is 11.8. The number of ether oxygens (including phenoxy) is 1. The Kier molecular flexibility index (Phi) is 6.31. The van der Waals surface area contributed by atoms with Gasteiger partial charge in [0.15, 0.2) is 5.17 Å². The van der Waals surface area contributed by atoms with Gasteiger partial charge >= 0.3 is 0 Å². The van der Waals surface area contributed by atoms with E-state index >= 15 is 0 Å². The van der Waals surface area contributed by atoms with Crippen molar-refractivity contribution in [3.8, 4) is 17.1 Å². The Labute approximate surface area is 178 Å². The molecule has 2 heterocycles. The minimum Gasteiger partial charge on any atom is -0.496 e. The Morgan fingerprint density at radius 2 is 1.97 bits per heavy atom. The van der Waals surface area contributed by atoms with Crippen molar-refractivity contribution in [2.75, 3.05) is 7.11 Å². The smallest absolute Gasteiger partial charge is 0.270 e. The molecule has 0 N–H and O–H groups in total. The molecule has 9 heteroatoms. The van der Waals surface area contributed by atoms with Crippen LogP contribution in [0.25, 0.3) is 17.4 Å². The molecule has 3 rings (SSSR count). The summed E-state index contributed by atoms with van der Waals surface area (Å²) in [7, 11) is 1.49. The van der Waals surface area contributed by atoms with Gasteiger partial charge in [0.25, 0.3) is 11.6 Å². The van der Waals surface area contributed by atoms with E-state index in [1.54, 1.807) is 23.1 Å². The SMILES string of the molecule is COc1ccc([N+](=O)[O-])cc1-c1ccc(/C=C2/SC(=NC(C)C)N(C(C)C)C2=O)o1. The van der Waals surface area contributed by atoms with E-state index in [1.165, 1.54) is 37.1 Å². The van der Waals surface area contributed by atoms with Gasteiger partial charge in [-0.05, 0) is 57.7 Å². The van der Waals surface area contributed by atoms with Crippen LogP contribution in [0.5, 0.6) is 5.75 Å². The summed E-state index contributed by atoms with van der Waals surface area (Å²) in [5.74, 6) is 1.21. The molecular formula is C21H23N3O5S. The fourth-order valence-electron chi connectivity index (χ4n) is 2.96. The summed E-state index contributed by atoms with van der Waals surface area (Å²) < 4.78 is 11.2. The molecule has 1 saturated heterocycles. The van der Waals surface area contributed by atoms with Crippen molar-refractivity contribution in [1.82, 2.24) is 4.90 Å². The van der Waals surface area contributed by atoms with Crippen molar-refractivity contribution >= 4 is 34.6 Å². The lowest BCUT2D eigenvalue weighted by atomic mass is 10.1. The van der Waals surface area contributed by atoms with Gasteiger partial charge in [0.05, 0.1) is 22.5 Å². The highest BCUT2D eigenvalue weighted by molar-refractivity contribution is 8.18. The predicted molar refractivity (Wildman–Crippen MR) is 117 cm³/mol. The normalized spacial score (nSPS) is 17.0. The molecule has 0 spiro atoms. The van der Waals surface area contributed by atoms with Crippen LogP contribution in [0.3, 0.4) is 0 Å². The second-order valence-electron chi connectivity index (χ2n) is 7.23. The molecule has 1 fully saturated rings. The predicted octanol–water partition coefficient (Wildman–Crippen LogP) is 4.95.